The standard InChI is InChI=1S/C23H18N4O3/c1-30-22(29)17-12-13-19(24-14-17)21(28)26-23-25-20(16-8-4-2-5-9-16)15-27(23)18-10-6-3-7-11-18/h2-15H,1H3,(H,25,26,28). The molecular weight excluding hydrogens is 380 g/mol. The van der Waals surface area contributed by atoms with Gasteiger partial charge in [0.25, 0.3) is 5.91 Å². The number of benzene rings is 2. The fourth-order valence-electron chi connectivity index (χ4n) is 2.93. The summed E-state index contributed by atoms with van der Waals surface area (Å²) in [6.45, 7) is 0. The molecule has 1 amide bonds. The normalized spacial score (nSPS) is 10.4. The highest BCUT2D eigenvalue weighted by molar-refractivity contribution is 6.02. The van der Waals surface area contributed by atoms with E-state index in [-0.39, 0.29) is 11.3 Å². The summed E-state index contributed by atoms with van der Waals surface area (Å²) in [5, 5.41) is 2.81. The number of nitrogens with zero attached hydrogens (tertiary/aromatic N) is 3. The number of pyridine rings is 1. The van der Waals surface area contributed by atoms with Crippen LogP contribution in [0.4, 0.5) is 5.95 Å². The Labute approximate surface area is 173 Å². The minimum Gasteiger partial charge on any atom is -0.465 e. The molecule has 0 aliphatic carbocycles. The summed E-state index contributed by atoms with van der Waals surface area (Å²) in [6, 6.07) is 22.3. The lowest BCUT2D eigenvalue weighted by Gasteiger charge is -2.08. The van der Waals surface area contributed by atoms with Crippen molar-refractivity contribution in [2.75, 3.05) is 12.4 Å². The third-order valence-electron chi connectivity index (χ3n) is 4.45. The molecule has 0 atom stereocenters. The summed E-state index contributed by atoms with van der Waals surface area (Å²) < 4.78 is 6.46. The van der Waals surface area contributed by atoms with Gasteiger partial charge in [-0.2, -0.15) is 0 Å². The first-order valence-corrected chi connectivity index (χ1v) is 9.21. The van der Waals surface area contributed by atoms with E-state index in [1.54, 1.807) is 0 Å². The number of methoxy groups -OCH3 is 1. The number of carbonyl (C=O) groups excluding carboxylic acids is 2. The molecule has 2 aromatic heterocycles. The van der Waals surface area contributed by atoms with Crippen molar-refractivity contribution in [2.24, 2.45) is 0 Å². The zero-order valence-electron chi connectivity index (χ0n) is 16.1. The van der Waals surface area contributed by atoms with Gasteiger partial charge in [-0.15, -0.1) is 0 Å². The fourth-order valence-corrected chi connectivity index (χ4v) is 2.93. The topological polar surface area (TPSA) is 86.1 Å². The molecule has 4 aromatic rings. The van der Waals surface area contributed by atoms with Crippen LogP contribution in [0.25, 0.3) is 16.9 Å². The SMILES string of the molecule is COC(=O)c1ccc(C(=O)Nc2nc(-c3ccccc3)cn2-c2ccccc2)nc1. The van der Waals surface area contributed by atoms with E-state index in [2.05, 4.69) is 20.0 Å². The van der Waals surface area contributed by atoms with Gasteiger partial charge in [-0.05, 0) is 24.3 Å². The van der Waals surface area contributed by atoms with Crippen LogP contribution in [0.5, 0.6) is 0 Å². The smallest absolute Gasteiger partial charge is 0.339 e. The molecule has 0 saturated heterocycles. The predicted octanol–water partition coefficient (Wildman–Crippen LogP) is 3.97. The zero-order valence-corrected chi connectivity index (χ0v) is 16.1. The Hall–Kier alpha value is -4.26. The maximum atomic E-state index is 12.8. The van der Waals surface area contributed by atoms with E-state index in [9.17, 15) is 9.59 Å². The Morgan fingerprint density at radius 2 is 1.63 bits per heavy atom. The molecule has 7 heteroatoms. The summed E-state index contributed by atoms with van der Waals surface area (Å²) >= 11 is 0. The highest BCUT2D eigenvalue weighted by Crippen LogP contribution is 2.24. The minimum absolute atomic E-state index is 0.159. The first-order valence-electron chi connectivity index (χ1n) is 9.21. The van der Waals surface area contributed by atoms with Crippen molar-refractivity contribution in [1.29, 1.82) is 0 Å². The van der Waals surface area contributed by atoms with Gasteiger partial charge in [0, 0.05) is 23.6 Å². The molecule has 2 aromatic carbocycles. The number of nitrogens with one attached hydrogen (secondary N) is 1. The summed E-state index contributed by atoms with van der Waals surface area (Å²) in [5.41, 5.74) is 2.95. The number of esters is 1. The van der Waals surface area contributed by atoms with Crippen LogP contribution < -0.4 is 5.32 Å². The molecule has 0 aliphatic heterocycles. The van der Waals surface area contributed by atoms with Gasteiger partial charge in [0.2, 0.25) is 5.95 Å². The van der Waals surface area contributed by atoms with Crippen molar-refractivity contribution in [3.63, 3.8) is 0 Å². The number of aromatic nitrogens is 3. The lowest BCUT2D eigenvalue weighted by Crippen LogP contribution is -2.17. The quantitative estimate of drug-likeness (QED) is 0.514. The van der Waals surface area contributed by atoms with Crippen LogP contribution in [0.1, 0.15) is 20.8 Å². The number of amides is 1. The molecule has 0 spiro atoms. The van der Waals surface area contributed by atoms with Crippen molar-refractivity contribution in [3.05, 3.63) is 96.4 Å². The second kappa shape index (κ2) is 8.40. The fraction of sp³-hybridized carbons (Fsp3) is 0.0435. The van der Waals surface area contributed by atoms with E-state index in [0.717, 1.165) is 16.9 Å². The third kappa shape index (κ3) is 3.95. The summed E-state index contributed by atoms with van der Waals surface area (Å²) in [5.74, 6) is -0.584. The minimum atomic E-state index is -0.512. The number of hydrogen-bond acceptors (Lipinski definition) is 5. The summed E-state index contributed by atoms with van der Waals surface area (Å²) in [4.78, 5) is 33.0. The molecule has 0 fully saturated rings. The molecule has 4 rings (SSSR count). The van der Waals surface area contributed by atoms with E-state index in [1.807, 2.05) is 71.4 Å². The van der Waals surface area contributed by atoms with Crippen LogP contribution in [0.2, 0.25) is 0 Å². The van der Waals surface area contributed by atoms with Gasteiger partial charge in [0.15, 0.2) is 0 Å². The van der Waals surface area contributed by atoms with Crippen LogP contribution >= 0.6 is 0 Å². The molecule has 0 bridgehead atoms. The van der Waals surface area contributed by atoms with Gasteiger partial charge >= 0.3 is 5.97 Å². The molecule has 30 heavy (non-hydrogen) atoms. The Morgan fingerprint density at radius 1 is 0.933 bits per heavy atom. The van der Waals surface area contributed by atoms with Crippen LogP contribution in [-0.2, 0) is 4.74 Å². The highest BCUT2D eigenvalue weighted by Gasteiger charge is 2.16. The maximum absolute atomic E-state index is 12.8. The average molecular weight is 398 g/mol. The maximum Gasteiger partial charge on any atom is 0.339 e. The van der Waals surface area contributed by atoms with Gasteiger partial charge in [-0.1, -0.05) is 48.5 Å². The van der Waals surface area contributed by atoms with Crippen molar-refractivity contribution in [3.8, 4) is 16.9 Å². The van der Waals surface area contributed by atoms with Gasteiger partial charge in [0.1, 0.15) is 5.69 Å². The van der Waals surface area contributed by atoms with E-state index in [0.29, 0.717) is 5.95 Å². The van der Waals surface area contributed by atoms with Crippen LogP contribution in [0.15, 0.2) is 85.2 Å². The molecule has 0 saturated carbocycles. The van der Waals surface area contributed by atoms with E-state index in [4.69, 9.17) is 0 Å². The number of hydrogen-bond donors (Lipinski definition) is 1. The van der Waals surface area contributed by atoms with Crippen LogP contribution in [-0.4, -0.2) is 33.5 Å². The van der Waals surface area contributed by atoms with Gasteiger partial charge in [-0.3, -0.25) is 19.7 Å². The molecular formula is C23H18N4O3. The van der Waals surface area contributed by atoms with Gasteiger partial charge in [-0.25, -0.2) is 9.78 Å². The Kier molecular flexibility index (Phi) is 5.34. The number of para-hydroxylation sites is 1. The summed E-state index contributed by atoms with van der Waals surface area (Å²) in [7, 11) is 1.29. The van der Waals surface area contributed by atoms with E-state index in [1.165, 1.54) is 25.4 Å². The highest BCUT2D eigenvalue weighted by atomic mass is 16.5. The molecule has 1 N–H and O–H groups in total. The number of carbonyl (C=O) groups is 2. The number of ether oxygens (including phenoxy) is 1. The Bertz CT molecular complexity index is 1170. The Balaban J connectivity index is 1.66. The summed E-state index contributed by atoms with van der Waals surface area (Å²) in [6.07, 6.45) is 3.17. The Morgan fingerprint density at radius 3 is 2.27 bits per heavy atom. The van der Waals surface area contributed by atoms with E-state index < -0.39 is 11.9 Å². The first-order chi connectivity index (χ1) is 14.7. The van der Waals surface area contributed by atoms with Crippen molar-refractivity contribution < 1.29 is 14.3 Å². The number of imidazole rings is 1. The van der Waals surface area contributed by atoms with Crippen molar-refractivity contribution >= 4 is 17.8 Å². The third-order valence-corrected chi connectivity index (χ3v) is 4.45. The largest absolute Gasteiger partial charge is 0.465 e. The van der Waals surface area contributed by atoms with Gasteiger partial charge < -0.3 is 4.74 Å². The monoisotopic (exact) mass is 398 g/mol. The van der Waals surface area contributed by atoms with Gasteiger partial charge in [0.05, 0.1) is 18.4 Å². The van der Waals surface area contributed by atoms with E-state index >= 15 is 0 Å². The van der Waals surface area contributed by atoms with Crippen molar-refractivity contribution in [1.82, 2.24) is 14.5 Å². The molecule has 0 aliphatic rings. The molecule has 148 valence electrons. The molecule has 7 nitrogen and oxygen atoms in total. The predicted molar refractivity (Wildman–Crippen MR) is 113 cm³/mol. The average Bonchev–Trinajstić information content (AvgIpc) is 3.23. The van der Waals surface area contributed by atoms with Crippen LogP contribution in [0, 0.1) is 0 Å². The zero-order chi connectivity index (χ0) is 20.9. The van der Waals surface area contributed by atoms with Crippen molar-refractivity contribution in [2.45, 2.75) is 0 Å². The lowest BCUT2D eigenvalue weighted by molar-refractivity contribution is 0.0600. The lowest BCUT2D eigenvalue weighted by atomic mass is 10.2. The molecule has 0 unspecified atom stereocenters. The molecule has 2 heterocycles. The number of anilines is 1. The molecule has 0 radical (unpaired) electrons. The first kappa shape index (κ1) is 19.1. The second-order valence-corrected chi connectivity index (χ2v) is 6.40. The van der Waals surface area contributed by atoms with Crippen LogP contribution in [0.3, 0.4) is 0 Å². The second-order valence-electron chi connectivity index (χ2n) is 6.40. The number of rotatable bonds is 5.